The molecule has 0 radical (unpaired) electrons. The summed E-state index contributed by atoms with van der Waals surface area (Å²) < 4.78 is 30.5. The van der Waals surface area contributed by atoms with Gasteiger partial charge in [-0.1, -0.05) is 232 Å². The minimum Gasteiger partial charge on any atom is -0.456 e. The van der Waals surface area contributed by atoms with Crippen LogP contribution in [0.5, 0.6) is 0 Å². The van der Waals surface area contributed by atoms with Crippen LogP contribution in [0.2, 0.25) is 0 Å². The fourth-order valence-corrected chi connectivity index (χ4v) is 8.74. The van der Waals surface area contributed by atoms with Crippen LogP contribution in [0, 0.1) is 0 Å². The zero-order valence-electron chi connectivity index (χ0n) is 42.6. The summed E-state index contributed by atoms with van der Waals surface area (Å²) in [6.45, 7) is 7.02. The molecule has 0 bridgehead atoms. The topological polar surface area (TPSA) is 111 Å². The van der Waals surface area contributed by atoms with Crippen molar-refractivity contribution in [3.63, 3.8) is 0 Å². The number of ether oxygens (including phenoxy) is 1. The first-order valence-corrected chi connectivity index (χ1v) is 28.5. The molecule has 0 aliphatic carbocycles. The summed E-state index contributed by atoms with van der Waals surface area (Å²) in [5.74, 6) is -0.493. The molecule has 0 spiro atoms. The van der Waals surface area contributed by atoms with E-state index in [1.54, 1.807) is 0 Å². The molecule has 0 fully saturated rings. The van der Waals surface area contributed by atoms with E-state index in [1.165, 1.54) is 173 Å². The van der Waals surface area contributed by atoms with Gasteiger partial charge in [-0.25, -0.2) is 4.57 Å². The Morgan fingerprint density at radius 2 is 0.905 bits per heavy atom. The number of unbranched alkanes of at least 4 members (excludes halogenated alkanes) is 33. The predicted octanol–water partition coefficient (Wildman–Crippen LogP) is 15.7. The molecule has 0 rings (SSSR count). The van der Waals surface area contributed by atoms with Crippen molar-refractivity contribution in [1.29, 1.82) is 0 Å². The maximum atomic E-state index is 13.4. The smallest absolute Gasteiger partial charge is 0.456 e. The fraction of sp³-hybridized carbons (Fsp3) is 0.925. The molecule has 63 heavy (non-hydrogen) atoms. The molecule has 0 heterocycles. The third kappa shape index (κ3) is 45.7. The lowest BCUT2D eigenvalue weighted by atomic mass is 10.0. The van der Waals surface area contributed by atoms with E-state index in [1.807, 2.05) is 33.3 Å². The van der Waals surface area contributed by atoms with Crippen molar-refractivity contribution in [2.45, 2.75) is 277 Å². The summed E-state index contributed by atoms with van der Waals surface area (Å²) in [4.78, 5) is 37.4. The molecule has 0 saturated carbocycles. The maximum absolute atomic E-state index is 13.4. The lowest BCUT2D eigenvalue weighted by Crippen LogP contribution is -2.47. The second kappa shape index (κ2) is 44.6. The van der Waals surface area contributed by atoms with E-state index in [-0.39, 0.29) is 25.1 Å². The van der Waals surface area contributed by atoms with Gasteiger partial charge < -0.3 is 19.4 Å². The SMILES string of the molecule is CCCCCCCCCCCCC/C=C/C(OC(=O)CCCCCCCCCCCCCCC)C(COP(=O)(O)OCC[N+](C)(C)C)NC(=O)CCCCCCCCCCCCC. The molecule has 10 heteroatoms. The average Bonchev–Trinajstić information content (AvgIpc) is 3.23. The molecular weight excluding hydrogens is 808 g/mol. The van der Waals surface area contributed by atoms with Crippen LogP contribution in [0.1, 0.15) is 265 Å². The maximum Gasteiger partial charge on any atom is 0.472 e. The van der Waals surface area contributed by atoms with Gasteiger partial charge >= 0.3 is 13.8 Å². The normalized spacial score (nSPS) is 14.0. The van der Waals surface area contributed by atoms with Gasteiger partial charge in [0, 0.05) is 12.8 Å². The van der Waals surface area contributed by atoms with Gasteiger partial charge in [0.15, 0.2) is 0 Å². The second-order valence-corrected chi connectivity index (χ2v) is 21.2. The summed E-state index contributed by atoms with van der Waals surface area (Å²) in [5, 5.41) is 3.04. The number of esters is 1. The van der Waals surface area contributed by atoms with Crippen LogP contribution in [0.25, 0.3) is 0 Å². The van der Waals surface area contributed by atoms with E-state index >= 15 is 0 Å². The highest BCUT2D eigenvalue weighted by molar-refractivity contribution is 7.47. The Kier molecular flexibility index (Phi) is 43.7. The lowest BCUT2D eigenvalue weighted by Gasteiger charge is -2.27. The zero-order valence-corrected chi connectivity index (χ0v) is 43.5. The summed E-state index contributed by atoms with van der Waals surface area (Å²) in [7, 11) is 1.51. The van der Waals surface area contributed by atoms with Crippen molar-refractivity contribution in [3.05, 3.63) is 12.2 Å². The van der Waals surface area contributed by atoms with Gasteiger partial charge in [-0.2, -0.15) is 0 Å². The van der Waals surface area contributed by atoms with Crippen molar-refractivity contribution < 1.29 is 37.3 Å². The summed E-state index contributed by atoms with van der Waals surface area (Å²) in [6, 6.07) is -0.836. The molecule has 0 saturated heterocycles. The fourth-order valence-electron chi connectivity index (χ4n) is 8.00. The average molecular weight is 914 g/mol. The van der Waals surface area contributed by atoms with E-state index in [0.717, 1.165) is 57.8 Å². The lowest BCUT2D eigenvalue weighted by molar-refractivity contribution is -0.870. The van der Waals surface area contributed by atoms with Gasteiger partial charge in [-0.15, -0.1) is 0 Å². The molecule has 374 valence electrons. The molecule has 0 aliphatic rings. The number of carbonyl (C=O) groups excluding carboxylic acids is 2. The van der Waals surface area contributed by atoms with Crippen molar-refractivity contribution in [2.75, 3.05) is 40.9 Å². The van der Waals surface area contributed by atoms with Crippen molar-refractivity contribution >= 4 is 19.7 Å². The minimum atomic E-state index is -4.43. The third-order valence-electron chi connectivity index (χ3n) is 12.2. The predicted molar refractivity (Wildman–Crippen MR) is 268 cm³/mol. The van der Waals surface area contributed by atoms with E-state index < -0.39 is 20.0 Å². The number of allylic oxidation sites excluding steroid dienone is 1. The first-order chi connectivity index (χ1) is 30.4. The first-order valence-electron chi connectivity index (χ1n) is 27.0. The standard InChI is InChI=1S/C53H105N2O7P/c1-7-10-13-16-19-22-25-27-30-32-35-38-41-44-51(62-53(57)46-43-40-37-34-31-28-26-23-20-17-14-11-8-2)50(49-61-63(58,59)60-48-47-55(4,5)6)54-52(56)45-42-39-36-33-29-24-21-18-15-12-9-3/h41,44,50-51H,7-40,42-43,45-49H2,1-6H3,(H-,54,56,58,59)/p+1/b44-41+. The largest absolute Gasteiger partial charge is 0.472 e. The number of hydrogen-bond acceptors (Lipinski definition) is 6. The number of nitrogens with one attached hydrogen (secondary N) is 1. The van der Waals surface area contributed by atoms with Crippen molar-refractivity contribution in [2.24, 2.45) is 0 Å². The number of hydrogen-bond donors (Lipinski definition) is 2. The molecule has 0 aliphatic heterocycles. The molecule has 9 nitrogen and oxygen atoms in total. The Morgan fingerprint density at radius 1 is 0.540 bits per heavy atom. The van der Waals surface area contributed by atoms with E-state index in [4.69, 9.17) is 13.8 Å². The summed E-state index contributed by atoms with van der Waals surface area (Å²) >= 11 is 0. The number of phosphoric acid groups is 1. The van der Waals surface area contributed by atoms with Crippen molar-refractivity contribution in [1.82, 2.24) is 5.32 Å². The molecule has 3 atom stereocenters. The van der Waals surface area contributed by atoms with Crippen LogP contribution in [-0.4, -0.2) is 74.3 Å². The Morgan fingerprint density at radius 3 is 1.30 bits per heavy atom. The highest BCUT2D eigenvalue weighted by atomic mass is 31.2. The highest BCUT2D eigenvalue weighted by Gasteiger charge is 2.30. The first kappa shape index (κ1) is 61.8. The number of rotatable bonds is 49. The van der Waals surface area contributed by atoms with Gasteiger partial charge in [0.2, 0.25) is 5.91 Å². The minimum absolute atomic E-state index is 0.0452. The van der Waals surface area contributed by atoms with Crippen LogP contribution >= 0.6 is 7.82 Å². The number of carbonyl (C=O) groups is 2. The molecular formula is C53H106N2O7P+. The van der Waals surface area contributed by atoms with Gasteiger partial charge in [0.25, 0.3) is 0 Å². The number of nitrogens with zero attached hydrogens (tertiary/aromatic N) is 1. The summed E-state index contributed by atoms with van der Waals surface area (Å²) in [6.07, 6.45) is 47.6. The molecule has 2 N–H and O–H groups in total. The second-order valence-electron chi connectivity index (χ2n) is 19.8. The van der Waals surface area contributed by atoms with E-state index in [0.29, 0.717) is 23.9 Å². The Hall–Kier alpha value is -1.25. The monoisotopic (exact) mass is 914 g/mol. The van der Waals surface area contributed by atoms with Crippen molar-refractivity contribution in [3.8, 4) is 0 Å². The van der Waals surface area contributed by atoms with Crippen LogP contribution in [0.15, 0.2) is 12.2 Å². The third-order valence-corrected chi connectivity index (χ3v) is 13.2. The zero-order chi connectivity index (χ0) is 46.5. The molecule has 3 unspecified atom stereocenters. The number of quaternary nitrogens is 1. The number of likely N-dealkylation sites (N-methyl/N-ethyl adjacent to an activating group) is 1. The van der Waals surface area contributed by atoms with Crippen LogP contribution < -0.4 is 5.32 Å². The molecule has 0 aromatic carbocycles. The molecule has 0 aromatic heterocycles. The van der Waals surface area contributed by atoms with Gasteiger partial charge in [0.05, 0.1) is 33.8 Å². The van der Waals surface area contributed by atoms with Gasteiger partial charge in [-0.3, -0.25) is 18.6 Å². The summed E-state index contributed by atoms with van der Waals surface area (Å²) in [5.41, 5.74) is 0. The number of amides is 1. The Balaban J connectivity index is 5.40. The van der Waals surface area contributed by atoms with E-state index in [2.05, 4.69) is 26.1 Å². The van der Waals surface area contributed by atoms with Crippen LogP contribution in [0.3, 0.4) is 0 Å². The van der Waals surface area contributed by atoms with Gasteiger partial charge in [-0.05, 0) is 31.8 Å². The van der Waals surface area contributed by atoms with Gasteiger partial charge in [0.1, 0.15) is 19.3 Å². The Bertz CT molecular complexity index is 1100. The van der Waals surface area contributed by atoms with E-state index in [9.17, 15) is 19.0 Å². The molecule has 0 aromatic rings. The molecule has 1 amide bonds. The van der Waals surface area contributed by atoms with Crippen LogP contribution in [0.4, 0.5) is 0 Å². The number of phosphoric ester groups is 1. The highest BCUT2D eigenvalue weighted by Crippen LogP contribution is 2.43. The quantitative estimate of drug-likeness (QED) is 0.0206. The Labute approximate surface area is 391 Å². The van der Waals surface area contributed by atoms with Crippen LogP contribution in [-0.2, 0) is 27.9 Å².